The SMILES string of the molecule is COc1nc(-c2cccc(-c3cccc(-c4ccn5c(=O)c(C6=NCC[C@@H](C(=O)O)N6)cnc5c4)c3Cl)c2Cl)ccc1CNC[C@H]1CCC(=O)N1. The van der Waals surface area contributed by atoms with Crippen LogP contribution < -0.4 is 26.2 Å². The van der Waals surface area contributed by atoms with Crippen molar-refractivity contribution in [2.75, 3.05) is 20.2 Å². The summed E-state index contributed by atoms with van der Waals surface area (Å²) in [5, 5.41) is 19.5. The van der Waals surface area contributed by atoms with E-state index in [2.05, 4.69) is 25.9 Å². The first-order valence-electron chi connectivity index (χ1n) is 16.4. The van der Waals surface area contributed by atoms with Gasteiger partial charge in [0.1, 0.15) is 23.1 Å². The molecule has 2 atom stereocenters. The van der Waals surface area contributed by atoms with Crippen LogP contribution in [0.5, 0.6) is 5.88 Å². The van der Waals surface area contributed by atoms with Crippen molar-refractivity contribution in [3.8, 4) is 39.4 Å². The van der Waals surface area contributed by atoms with Gasteiger partial charge in [-0.1, -0.05) is 65.7 Å². The zero-order chi connectivity index (χ0) is 35.6. The third-order valence-corrected chi connectivity index (χ3v) is 9.87. The van der Waals surface area contributed by atoms with Crippen LogP contribution in [0, 0.1) is 0 Å². The molecule has 260 valence electrons. The summed E-state index contributed by atoms with van der Waals surface area (Å²) in [5.74, 6) is -0.231. The lowest BCUT2D eigenvalue weighted by Crippen LogP contribution is -2.46. The van der Waals surface area contributed by atoms with Crippen LogP contribution in [-0.2, 0) is 16.1 Å². The molecule has 5 aromatic rings. The van der Waals surface area contributed by atoms with E-state index in [1.807, 2.05) is 48.5 Å². The molecule has 1 fully saturated rings. The number of pyridine rings is 2. The number of fused-ring (bicyclic) bond motifs is 1. The fourth-order valence-electron chi connectivity index (χ4n) is 6.38. The Morgan fingerprint density at radius 3 is 2.45 bits per heavy atom. The second kappa shape index (κ2) is 14.5. The van der Waals surface area contributed by atoms with Crippen LogP contribution in [0.3, 0.4) is 0 Å². The number of hydrogen-bond donors (Lipinski definition) is 4. The van der Waals surface area contributed by atoms with Gasteiger partial charge in [0, 0.05) is 72.3 Å². The van der Waals surface area contributed by atoms with Crippen LogP contribution in [0.1, 0.15) is 30.4 Å². The number of aliphatic carboxylic acids is 1. The number of hydrogen-bond acceptors (Lipinski definition) is 9. The molecule has 0 spiro atoms. The number of nitrogens with one attached hydrogen (secondary N) is 3. The molecule has 0 saturated carbocycles. The summed E-state index contributed by atoms with van der Waals surface area (Å²) in [5.41, 5.74) is 5.30. The number of aromatic nitrogens is 3. The summed E-state index contributed by atoms with van der Waals surface area (Å²) in [7, 11) is 1.58. The van der Waals surface area contributed by atoms with Gasteiger partial charge in [-0.05, 0) is 36.6 Å². The Morgan fingerprint density at radius 1 is 0.980 bits per heavy atom. The Labute approximate surface area is 302 Å². The minimum atomic E-state index is -1.00. The molecule has 0 bridgehead atoms. The molecule has 2 aliphatic heterocycles. The summed E-state index contributed by atoms with van der Waals surface area (Å²) >= 11 is 14.2. The minimum absolute atomic E-state index is 0.0833. The van der Waals surface area contributed by atoms with E-state index >= 15 is 0 Å². The van der Waals surface area contributed by atoms with Crippen molar-refractivity contribution in [2.45, 2.75) is 37.9 Å². The van der Waals surface area contributed by atoms with E-state index in [0.717, 1.165) is 17.5 Å². The zero-order valence-corrected chi connectivity index (χ0v) is 29.0. The van der Waals surface area contributed by atoms with Gasteiger partial charge in [0.25, 0.3) is 5.56 Å². The largest absolute Gasteiger partial charge is 0.481 e. The highest BCUT2D eigenvalue weighted by Crippen LogP contribution is 2.42. The van der Waals surface area contributed by atoms with E-state index in [9.17, 15) is 19.5 Å². The van der Waals surface area contributed by atoms with Crippen LogP contribution in [-0.4, -0.2) is 69.5 Å². The molecule has 0 aliphatic carbocycles. The van der Waals surface area contributed by atoms with E-state index in [1.54, 1.807) is 25.4 Å². The average molecular weight is 727 g/mol. The minimum Gasteiger partial charge on any atom is -0.481 e. The van der Waals surface area contributed by atoms with E-state index in [1.165, 1.54) is 10.6 Å². The quantitative estimate of drug-likeness (QED) is 0.156. The van der Waals surface area contributed by atoms with Gasteiger partial charge in [-0.25, -0.2) is 14.8 Å². The van der Waals surface area contributed by atoms with Crippen molar-refractivity contribution < 1.29 is 19.4 Å². The maximum Gasteiger partial charge on any atom is 0.326 e. The highest BCUT2D eigenvalue weighted by molar-refractivity contribution is 6.39. The van der Waals surface area contributed by atoms with Crippen molar-refractivity contribution in [3.63, 3.8) is 0 Å². The first-order chi connectivity index (χ1) is 24.7. The lowest BCUT2D eigenvalue weighted by atomic mass is 9.97. The Balaban J connectivity index is 1.15. The van der Waals surface area contributed by atoms with Gasteiger partial charge in [-0.3, -0.25) is 19.0 Å². The molecule has 2 aliphatic rings. The van der Waals surface area contributed by atoms with Gasteiger partial charge in [0.05, 0.1) is 22.8 Å². The zero-order valence-electron chi connectivity index (χ0n) is 27.5. The predicted octanol–water partition coefficient (Wildman–Crippen LogP) is 4.97. The van der Waals surface area contributed by atoms with E-state index in [-0.39, 0.29) is 28.9 Å². The molecule has 3 aromatic heterocycles. The first-order valence-corrected chi connectivity index (χ1v) is 17.1. The number of carboxylic acid groups (broad SMARTS) is 1. The molecule has 2 aromatic carbocycles. The number of carbonyl (C=O) groups is 2. The third-order valence-electron chi connectivity index (χ3n) is 9.06. The standard InChI is InChI=1S/C37H33Cl2N7O5/c1-51-35-21(17-40-18-22-9-11-31(47)43-22)8-10-28(45-35)26-7-3-6-25(33(26)39)24-5-2-4-23(32(24)38)20-13-15-46-30(16-20)42-19-27(36(46)48)34-41-14-12-29(44-34)37(49)50/h2-8,10,13,15-16,19,22,29,40H,9,11-12,14,17-18H2,1H3,(H,41,44)(H,43,47)(H,49,50)/t22-,29+/m1/s1. The summed E-state index contributed by atoms with van der Waals surface area (Å²) in [6.45, 7) is 1.48. The van der Waals surface area contributed by atoms with Crippen LogP contribution in [0.4, 0.5) is 0 Å². The smallest absolute Gasteiger partial charge is 0.326 e. The number of amidine groups is 1. The highest BCUT2D eigenvalue weighted by atomic mass is 35.5. The summed E-state index contributed by atoms with van der Waals surface area (Å²) in [4.78, 5) is 50.0. The Hall–Kier alpha value is -5.30. The molecule has 0 unspecified atom stereocenters. The van der Waals surface area contributed by atoms with Crippen molar-refractivity contribution in [1.82, 2.24) is 30.3 Å². The highest BCUT2D eigenvalue weighted by Gasteiger charge is 2.25. The van der Waals surface area contributed by atoms with Gasteiger partial charge >= 0.3 is 5.97 Å². The Morgan fingerprint density at radius 2 is 1.73 bits per heavy atom. The number of ether oxygens (including phenoxy) is 1. The van der Waals surface area contributed by atoms with Crippen molar-refractivity contribution in [3.05, 3.63) is 105 Å². The average Bonchev–Trinajstić information content (AvgIpc) is 3.56. The Bertz CT molecular complexity index is 2270. The van der Waals surface area contributed by atoms with Gasteiger partial charge < -0.3 is 25.8 Å². The van der Waals surface area contributed by atoms with Gasteiger partial charge in [-0.2, -0.15) is 0 Å². The number of amides is 1. The van der Waals surface area contributed by atoms with Crippen LogP contribution in [0.25, 0.3) is 39.2 Å². The summed E-state index contributed by atoms with van der Waals surface area (Å²) in [6.07, 6.45) is 4.73. The van der Waals surface area contributed by atoms with E-state index < -0.39 is 12.0 Å². The fraction of sp³-hybridized carbons (Fsp3) is 0.243. The maximum absolute atomic E-state index is 13.4. The van der Waals surface area contributed by atoms with Gasteiger partial charge in [-0.15, -0.1) is 0 Å². The van der Waals surface area contributed by atoms with Crippen LogP contribution in [0.2, 0.25) is 10.0 Å². The second-order valence-electron chi connectivity index (χ2n) is 12.3. The number of nitrogens with zero attached hydrogens (tertiary/aromatic N) is 4. The molecule has 12 nitrogen and oxygen atoms in total. The third kappa shape index (κ3) is 6.90. The number of aliphatic imine (C=N–C) groups is 1. The predicted molar refractivity (Wildman–Crippen MR) is 196 cm³/mol. The fourth-order valence-corrected chi connectivity index (χ4v) is 7.05. The summed E-state index contributed by atoms with van der Waals surface area (Å²) in [6, 6.07) is 18.0. The van der Waals surface area contributed by atoms with Gasteiger partial charge in [0.2, 0.25) is 11.8 Å². The van der Waals surface area contributed by atoms with Gasteiger partial charge in [0.15, 0.2) is 0 Å². The molecule has 0 radical (unpaired) electrons. The van der Waals surface area contributed by atoms with E-state index in [4.69, 9.17) is 32.9 Å². The normalized spacial score (nSPS) is 17.2. The molecular formula is C37H33Cl2N7O5. The van der Waals surface area contributed by atoms with Crippen LogP contribution >= 0.6 is 23.2 Å². The first kappa shape index (κ1) is 34.2. The number of carbonyl (C=O) groups excluding carboxylic acids is 1. The van der Waals surface area contributed by atoms with Crippen molar-refractivity contribution >= 4 is 46.6 Å². The molecule has 14 heteroatoms. The number of carboxylic acids is 1. The monoisotopic (exact) mass is 725 g/mol. The number of benzene rings is 2. The molecular weight excluding hydrogens is 693 g/mol. The summed E-state index contributed by atoms with van der Waals surface area (Å²) < 4.78 is 7.02. The molecule has 1 saturated heterocycles. The number of halogens is 2. The number of methoxy groups -OCH3 is 1. The lowest BCUT2D eigenvalue weighted by molar-refractivity contribution is -0.139. The number of rotatable bonds is 10. The molecule has 4 N–H and O–H groups in total. The maximum atomic E-state index is 13.4. The van der Waals surface area contributed by atoms with Crippen molar-refractivity contribution in [2.24, 2.45) is 4.99 Å². The van der Waals surface area contributed by atoms with Crippen molar-refractivity contribution in [1.29, 1.82) is 0 Å². The molecule has 1 amide bonds. The molecule has 51 heavy (non-hydrogen) atoms. The molecule has 7 rings (SSSR count). The lowest BCUT2D eigenvalue weighted by Gasteiger charge is -2.21. The Kier molecular flexibility index (Phi) is 9.72. The molecule has 5 heterocycles. The van der Waals surface area contributed by atoms with Crippen LogP contribution in [0.15, 0.2) is 82.8 Å². The second-order valence-corrected chi connectivity index (χ2v) is 13.1. The van der Waals surface area contributed by atoms with E-state index in [0.29, 0.717) is 82.0 Å². The topological polar surface area (TPSA) is 159 Å².